The lowest BCUT2D eigenvalue weighted by Gasteiger charge is -2.39. The van der Waals surface area contributed by atoms with Crippen LogP contribution in [0.1, 0.15) is 40.0 Å². The fourth-order valence-corrected chi connectivity index (χ4v) is 2.43. The Balaban J connectivity index is 2.54. The number of piperidine rings is 1. The Hall–Kier alpha value is -1.10. The number of rotatable bonds is 6. The molecule has 1 amide bonds. The number of aliphatic carboxylic acids is 1. The highest BCUT2D eigenvalue weighted by Crippen LogP contribution is 2.34. The van der Waals surface area contributed by atoms with Crippen LogP contribution in [0.25, 0.3) is 0 Å². The predicted octanol–water partition coefficient (Wildman–Crippen LogP) is 1.76. The normalized spacial score (nSPS) is 20.4. The maximum absolute atomic E-state index is 12.0. The fraction of sp³-hybridized carbons (Fsp3) is 0.857. The number of ether oxygens (including phenoxy) is 1. The van der Waals surface area contributed by atoms with Gasteiger partial charge < -0.3 is 14.7 Å². The van der Waals surface area contributed by atoms with E-state index >= 15 is 0 Å². The van der Waals surface area contributed by atoms with Crippen molar-refractivity contribution in [3.63, 3.8) is 0 Å². The van der Waals surface area contributed by atoms with Crippen LogP contribution >= 0.6 is 0 Å². The Labute approximate surface area is 114 Å². The highest BCUT2D eigenvalue weighted by atomic mass is 16.5. The van der Waals surface area contributed by atoms with Crippen molar-refractivity contribution in [1.29, 1.82) is 0 Å². The number of carboxylic acid groups (broad SMARTS) is 1. The van der Waals surface area contributed by atoms with E-state index < -0.39 is 11.4 Å². The van der Waals surface area contributed by atoms with E-state index in [-0.39, 0.29) is 11.8 Å². The van der Waals surface area contributed by atoms with Crippen molar-refractivity contribution in [2.45, 2.75) is 40.0 Å². The molecule has 1 aliphatic rings. The maximum Gasteiger partial charge on any atom is 0.309 e. The molecular formula is C14H25NO4. The first-order chi connectivity index (χ1) is 8.89. The summed E-state index contributed by atoms with van der Waals surface area (Å²) in [6.07, 6.45) is 2.13. The SMILES string of the molecule is CCOCCC(=O)N1CCCC(C(C)(C)C(=O)O)C1. The molecule has 0 aromatic carbocycles. The number of amides is 1. The second-order valence-electron chi connectivity index (χ2n) is 5.65. The van der Waals surface area contributed by atoms with Crippen molar-refractivity contribution in [1.82, 2.24) is 4.90 Å². The van der Waals surface area contributed by atoms with Crippen molar-refractivity contribution in [3.8, 4) is 0 Å². The van der Waals surface area contributed by atoms with Crippen molar-refractivity contribution >= 4 is 11.9 Å². The molecule has 1 aliphatic heterocycles. The summed E-state index contributed by atoms with van der Waals surface area (Å²) in [5.41, 5.74) is -0.779. The highest BCUT2D eigenvalue weighted by molar-refractivity contribution is 5.77. The lowest BCUT2D eigenvalue weighted by molar-refractivity contribution is -0.153. The Bertz CT molecular complexity index is 327. The van der Waals surface area contributed by atoms with Gasteiger partial charge in [-0.15, -0.1) is 0 Å². The van der Waals surface area contributed by atoms with Crippen molar-refractivity contribution in [3.05, 3.63) is 0 Å². The molecule has 0 bridgehead atoms. The Morgan fingerprint density at radius 1 is 1.42 bits per heavy atom. The van der Waals surface area contributed by atoms with Gasteiger partial charge in [0.05, 0.1) is 18.4 Å². The van der Waals surface area contributed by atoms with Gasteiger partial charge in [0.25, 0.3) is 0 Å². The topological polar surface area (TPSA) is 66.8 Å². The number of likely N-dealkylation sites (tertiary alicyclic amines) is 1. The summed E-state index contributed by atoms with van der Waals surface area (Å²) >= 11 is 0. The van der Waals surface area contributed by atoms with E-state index in [0.717, 1.165) is 19.4 Å². The summed E-state index contributed by atoms with van der Waals surface area (Å²) in [7, 11) is 0. The number of nitrogens with zero attached hydrogens (tertiary/aromatic N) is 1. The first-order valence-corrected chi connectivity index (χ1v) is 6.98. The molecule has 0 spiro atoms. The van der Waals surface area contributed by atoms with Gasteiger partial charge in [0.15, 0.2) is 0 Å². The zero-order chi connectivity index (χ0) is 14.5. The van der Waals surface area contributed by atoms with E-state index in [0.29, 0.717) is 26.2 Å². The molecule has 110 valence electrons. The van der Waals surface area contributed by atoms with Crippen molar-refractivity contribution in [2.24, 2.45) is 11.3 Å². The van der Waals surface area contributed by atoms with Gasteiger partial charge in [-0.25, -0.2) is 0 Å². The number of hydrogen-bond acceptors (Lipinski definition) is 3. The van der Waals surface area contributed by atoms with Crippen LogP contribution in [0, 0.1) is 11.3 Å². The van der Waals surface area contributed by atoms with Crippen molar-refractivity contribution < 1.29 is 19.4 Å². The fourth-order valence-electron chi connectivity index (χ4n) is 2.43. The monoisotopic (exact) mass is 271 g/mol. The molecule has 1 saturated heterocycles. The van der Waals surface area contributed by atoms with Gasteiger partial charge in [-0.1, -0.05) is 0 Å². The van der Waals surface area contributed by atoms with Crippen LogP contribution in [0.4, 0.5) is 0 Å². The number of carboxylic acids is 1. The zero-order valence-corrected chi connectivity index (χ0v) is 12.1. The quantitative estimate of drug-likeness (QED) is 0.748. The van der Waals surface area contributed by atoms with Crippen LogP contribution in [0.5, 0.6) is 0 Å². The Morgan fingerprint density at radius 2 is 2.11 bits per heavy atom. The summed E-state index contributed by atoms with van der Waals surface area (Å²) in [6, 6.07) is 0. The van der Waals surface area contributed by atoms with Crippen LogP contribution in [-0.4, -0.2) is 48.2 Å². The molecule has 19 heavy (non-hydrogen) atoms. The molecule has 0 aromatic heterocycles. The van der Waals surface area contributed by atoms with E-state index in [1.165, 1.54) is 0 Å². The molecule has 1 unspecified atom stereocenters. The van der Waals surface area contributed by atoms with Crippen LogP contribution in [0.15, 0.2) is 0 Å². The first-order valence-electron chi connectivity index (χ1n) is 6.98. The Morgan fingerprint density at radius 3 is 2.68 bits per heavy atom. The number of carbonyl (C=O) groups excluding carboxylic acids is 1. The third-order valence-corrected chi connectivity index (χ3v) is 4.01. The van der Waals surface area contributed by atoms with E-state index in [9.17, 15) is 14.7 Å². The third kappa shape index (κ3) is 4.20. The Kier molecular flexibility index (Phi) is 5.79. The molecule has 0 aliphatic carbocycles. The number of carbonyl (C=O) groups is 2. The summed E-state index contributed by atoms with van der Waals surface area (Å²) in [6.45, 7) is 7.72. The second-order valence-corrected chi connectivity index (χ2v) is 5.65. The van der Waals surface area contributed by atoms with E-state index in [4.69, 9.17) is 4.74 Å². The first kappa shape index (κ1) is 16.0. The molecule has 5 nitrogen and oxygen atoms in total. The average Bonchev–Trinajstić information content (AvgIpc) is 2.39. The molecule has 1 fully saturated rings. The summed E-state index contributed by atoms with van der Waals surface area (Å²) in [5, 5.41) is 9.27. The molecular weight excluding hydrogens is 246 g/mol. The smallest absolute Gasteiger partial charge is 0.309 e. The van der Waals surface area contributed by atoms with Gasteiger partial charge >= 0.3 is 5.97 Å². The standard InChI is InChI=1S/C14H25NO4/c1-4-19-9-7-12(16)15-8-5-6-11(10-15)14(2,3)13(17)18/h11H,4-10H2,1-3H3,(H,17,18). The van der Waals surface area contributed by atoms with Crippen LogP contribution in [0.3, 0.4) is 0 Å². The van der Waals surface area contributed by atoms with E-state index in [1.807, 2.05) is 6.92 Å². The predicted molar refractivity (Wildman–Crippen MR) is 71.8 cm³/mol. The molecule has 1 heterocycles. The lowest BCUT2D eigenvalue weighted by Crippen LogP contribution is -2.47. The van der Waals surface area contributed by atoms with Crippen molar-refractivity contribution in [2.75, 3.05) is 26.3 Å². The minimum Gasteiger partial charge on any atom is -0.481 e. The minimum atomic E-state index is -0.791. The molecule has 1 atom stereocenters. The van der Waals surface area contributed by atoms with Gasteiger partial charge in [0.2, 0.25) is 5.91 Å². The second kappa shape index (κ2) is 6.89. The van der Waals surface area contributed by atoms with Gasteiger partial charge in [0.1, 0.15) is 0 Å². The van der Waals surface area contributed by atoms with Crippen LogP contribution in [0.2, 0.25) is 0 Å². The van der Waals surface area contributed by atoms with Gasteiger partial charge in [-0.3, -0.25) is 9.59 Å². The highest BCUT2D eigenvalue weighted by Gasteiger charge is 2.39. The summed E-state index contributed by atoms with van der Waals surface area (Å²) in [4.78, 5) is 25.1. The van der Waals surface area contributed by atoms with Crippen LogP contribution in [-0.2, 0) is 14.3 Å². The van der Waals surface area contributed by atoms with Crippen LogP contribution < -0.4 is 0 Å². The lowest BCUT2D eigenvalue weighted by atomic mass is 9.74. The largest absolute Gasteiger partial charge is 0.481 e. The van der Waals surface area contributed by atoms with Gasteiger partial charge in [-0.05, 0) is 39.5 Å². The maximum atomic E-state index is 12.0. The average molecular weight is 271 g/mol. The van der Waals surface area contributed by atoms with Gasteiger partial charge in [-0.2, -0.15) is 0 Å². The van der Waals surface area contributed by atoms with Gasteiger partial charge in [0, 0.05) is 19.7 Å². The van der Waals surface area contributed by atoms with E-state index in [1.54, 1.807) is 18.7 Å². The molecule has 0 aromatic rings. The summed E-state index contributed by atoms with van der Waals surface area (Å²) in [5.74, 6) is -0.699. The van der Waals surface area contributed by atoms with E-state index in [2.05, 4.69) is 0 Å². The number of hydrogen-bond donors (Lipinski definition) is 1. The molecule has 0 saturated carbocycles. The third-order valence-electron chi connectivity index (χ3n) is 4.01. The summed E-state index contributed by atoms with van der Waals surface area (Å²) < 4.78 is 5.19. The zero-order valence-electron chi connectivity index (χ0n) is 12.1. The minimum absolute atomic E-state index is 0.0230. The molecule has 1 rings (SSSR count). The molecule has 5 heteroatoms. The molecule has 1 N–H and O–H groups in total. The molecule has 0 radical (unpaired) electrons.